The van der Waals surface area contributed by atoms with Crippen molar-refractivity contribution in [2.24, 2.45) is 0 Å². The van der Waals surface area contributed by atoms with Crippen LogP contribution in [-0.2, 0) is 0 Å². The van der Waals surface area contributed by atoms with Gasteiger partial charge < -0.3 is 10.1 Å². The average molecular weight is 274 g/mol. The number of halogens is 2. The van der Waals surface area contributed by atoms with E-state index >= 15 is 0 Å². The summed E-state index contributed by atoms with van der Waals surface area (Å²) in [6.45, 7) is 1.57. The monoisotopic (exact) mass is 273 g/mol. The van der Waals surface area contributed by atoms with Gasteiger partial charge in [0.15, 0.2) is 11.6 Å². The van der Waals surface area contributed by atoms with Crippen LogP contribution in [0.3, 0.4) is 0 Å². The van der Waals surface area contributed by atoms with Crippen molar-refractivity contribution in [2.45, 2.75) is 18.9 Å². The van der Waals surface area contributed by atoms with Gasteiger partial charge in [-0.1, -0.05) is 15.9 Å². The van der Waals surface area contributed by atoms with Gasteiger partial charge in [0.25, 0.3) is 0 Å². The van der Waals surface area contributed by atoms with E-state index in [-0.39, 0.29) is 5.82 Å². The van der Waals surface area contributed by atoms with Crippen LogP contribution in [0.4, 0.5) is 4.39 Å². The molecule has 82 valence electrons. The molecule has 15 heavy (non-hydrogen) atoms. The Balaban J connectivity index is 1.94. The molecule has 1 unspecified atom stereocenters. The number of benzene rings is 1. The van der Waals surface area contributed by atoms with Crippen molar-refractivity contribution in [2.75, 3.05) is 13.2 Å². The fourth-order valence-electron chi connectivity index (χ4n) is 1.68. The van der Waals surface area contributed by atoms with Crippen molar-refractivity contribution in [1.29, 1.82) is 0 Å². The van der Waals surface area contributed by atoms with Gasteiger partial charge in [-0.2, -0.15) is 0 Å². The first-order chi connectivity index (χ1) is 7.25. The Morgan fingerprint density at radius 2 is 2.40 bits per heavy atom. The zero-order valence-corrected chi connectivity index (χ0v) is 9.89. The van der Waals surface area contributed by atoms with Crippen LogP contribution < -0.4 is 10.1 Å². The third-order valence-electron chi connectivity index (χ3n) is 2.50. The van der Waals surface area contributed by atoms with Crippen LogP contribution in [0.25, 0.3) is 0 Å². The van der Waals surface area contributed by atoms with E-state index in [1.54, 1.807) is 12.1 Å². The van der Waals surface area contributed by atoms with E-state index in [4.69, 9.17) is 4.74 Å². The molecule has 0 bridgehead atoms. The van der Waals surface area contributed by atoms with Crippen LogP contribution in [-0.4, -0.2) is 19.2 Å². The summed E-state index contributed by atoms with van der Waals surface area (Å²) < 4.78 is 19.5. The topological polar surface area (TPSA) is 21.3 Å². The number of ether oxygens (including phenoxy) is 1. The fourth-order valence-corrected chi connectivity index (χ4v) is 2.02. The molecular weight excluding hydrogens is 261 g/mol. The Morgan fingerprint density at radius 3 is 3.13 bits per heavy atom. The van der Waals surface area contributed by atoms with Gasteiger partial charge in [0, 0.05) is 10.5 Å². The summed E-state index contributed by atoms with van der Waals surface area (Å²) in [5, 5.41) is 3.30. The van der Waals surface area contributed by atoms with Gasteiger partial charge in [0.1, 0.15) is 6.61 Å². The predicted octanol–water partition coefficient (Wildman–Crippen LogP) is 2.72. The highest BCUT2D eigenvalue weighted by atomic mass is 79.9. The van der Waals surface area contributed by atoms with Crippen LogP contribution >= 0.6 is 15.9 Å². The third kappa shape index (κ3) is 2.92. The Bertz CT molecular complexity index is 339. The molecule has 2 nitrogen and oxygen atoms in total. The van der Waals surface area contributed by atoms with E-state index in [0.717, 1.165) is 17.4 Å². The molecule has 0 spiro atoms. The average Bonchev–Trinajstić information content (AvgIpc) is 2.72. The lowest BCUT2D eigenvalue weighted by Crippen LogP contribution is -2.28. The molecule has 0 saturated carbocycles. The number of hydrogen-bond acceptors (Lipinski definition) is 2. The lowest BCUT2D eigenvalue weighted by Gasteiger charge is -2.12. The van der Waals surface area contributed by atoms with E-state index < -0.39 is 0 Å². The molecule has 0 aliphatic carbocycles. The van der Waals surface area contributed by atoms with Gasteiger partial charge in [-0.05, 0) is 37.6 Å². The van der Waals surface area contributed by atoms with E-state index in [0.29, 0.717) is 18.4 Å². The van der Waals surface area contributed by atoms with Gasteiger partial charge in [-0.15, -0.1) is 0 Å². The summed E-state index contributed by atoms with van der Waals surface area (Å²) in [5.74, 6) is 0.00859. The third-order valence-corrected chi connectivity index (χ3v) is 2.99. The zero-order chi connectivity index (χ0) is 10.7. The first kappa shape index (κ1) is 10.9. The van der Waals surface area contributed by atoms with Crippen LogP contribution in [0, 0.1) is 5.82 Å². The van der Waals surface area contributed by atoms with Gasteiger partial charge in [-0.25, -0.2) is 4.39 Å². The minimum absolute atomic E-state index is 0.309. The number of nitrogens with one attached hydrogen (secondary N) is 1. The maximum atomic E-state index is 13.3. The highest BCUT2D eigenvalue weighted by Gasteiger charge is 2.15. The minimum Gasteiger partial charge on any atom is -0.489 e. The first-order valence-corrected chi connectivity index (χ1v) is 5.86. The Morgan fingerprint density at radius 1 is 1.53 bits per heavy atom. The summed E-state index contributed by atoms with van der Waals surface area (Å²) in [4.78, 5) is 0. The van der Waals surface area contributed by atoms with Crippen molar-refractivity contribution in [3.8, 4) is 5.75 Å². The summed E-state index contributed by atoms with van der Waals surface area (Å²) in [5.41, 5.74) is 0. The molecule has 1 aromatic rings. The normalized spacial score (nSPS) is 20.5. The summed E-state index contributed by atoms with van der Waals surface area (Å²) in [7, 11) is 0. The smallest absolute Gasteiger partial charge is 0.165 e. The first-order valence-electron chi connectivity index (χ1n) is 5.07. The largest absolute Gasteiger partial charge is 0.489 e. The van der Waals surface area contributed by atoms with Crippen LogP contribution in [0.5, 0.6) is 5.75 Å². The molecule has 1 aliphatic heterocycles. The van der Waals surface area contributed by atoms with E-state index in [1.807, 2.05) is 0 Å². The van der Waals surface area contributed by atoms with Gasteiger partial charge >= 0.3 is 0 Å². The SMILES string of the molecule is Fc1ccc(Br)cc1OCC1CCCN1. The molecule has 1 atom stereocenters. The molecule has 0 aromatic heterocycles. The molecule has 4 heteroatoms. The predicted molar refractivity (Wildman–Crippen MR) is 60.6 cm³/mol. The molecule has 2 rings (SSSR count). The van der Waals surface area contributed by atoms with Crippen molar-refractivity contribution in [3.63, 3.8) is 0 Å². The standard InChI is InChI=1S/C11H13BrFNO/c12-8-3-4-10(13)11(6-8)15-7-9-2-1-5-14-9/h3-4,6,9,14H,1-2,5,7H2. The quantitative estimate of drug-likeness (QED) is 0.915. The van der Waals surface area contributed by atoms with E-state index in [2.05, 4.69) is 21.2 Å². The second-order valence-corrected chi connectivity index (χ2v) is 4.59. The summed E-state index contributed by atoms with van der Waals surface area (Å²) in [6, 6.07) is 5.09. The second-order valence-electron chi connectivity index (χ2n) is 3.68. The lowest BCUT2D eigenvalue weighted by molar-refractivity contribution is 0.265. The highest BCUT2D eigenvalue weighted by Crippen LogP contribution is 2.22. The highest BCUT2D eigenvalue weighted by molar-refractivity contribution is 9.10. The summed E-state index contributed by atoms with van der Waals surface area (Å²) >= 11 is 3.29. The summed E-state index contributed by atoms with van der Waals surface area (Å²) in [6.07, 6.45) is 2.28. The molecule has 1 N–H and O–H groups in total. The second kappa shape index (κ2) is 4.94. The van der Waals surface area contributed by atoms with Crippen LogP contribution in [0.15, 0.2) is 22.7 Å². The van der Waals surface area contributed by atoms with E-state index in [1.165, 1.54) is 12.5 Å². The minimum atomic E-state index is -0.309. The van der Waals surface area contributed by atoms with Crippen molar-refractivity contribution < 1.29 is 9.13 Å². The van der Waals surface area contributed by atoms with Gasteiger partial charge in [0.05, 0.1) is 0 Å². The van der Waals surface area contributed by atoms with Crippen molar-refractivity contribution >= 4 is 15.9 Å². The van der Waals surface area contributed by atoms with Crippen molar-refractivity contribution in [3.05, 3.63) is 28.5 Å². The lowest BCUT2D eigenvalue weighted by atomic mass is 10.2. The molecule has 0 radical (unpaired) electrons. The molecule has 1 saturated heterocycles. The fraction of sp³-hybridized carbons (Fsp3) is 0.455. The molecule has 1 aromatic carbocycles. The molecule has 0 amide bonds. The van der Waals surface area contributed by atoms with Gasteiger partial charge in [0.2, 0.25) is 0 Å². The zero-order valence-electron chi connectivity index (χ0n) is 8.30. The molecule has 1 fully saturated rings. The molecule has 1 heterocycles. The Labute approximate surface area is 96.9 Å². The Hall–Kier alpha value is -0.610. The van der Waals surface area contributed by atoms with Crippen molar-refractivity contribution in [1.82, 2.24) is 5.32 Å². The molecular formula is C11H13BrFNO. The van der Waals surface area contributed by atoms with E-state index in [9.17, 15) is 4.39 Å². The van der Waals surface area contributed by atoms with Crippen LogP contribution in [0.2, 0.25) is 0 Å². The molecule has 1 aliphatic rings. The maximum Gasteiger partial charge on any atom is 0.165 e. The Kier molecular flexibility index (Phi) is 3.59. The van der Waals surface area contributed by atoms with Gasteiger partial charge in [-0.3, -0.25) is 0 Å². The number of rotatable bonds is 3. The van der Waals surface area contributed by atoms with Crippen LogP contribution in [0.1, 0.15) is 12.8 Å². The maximum absolute atomic E-state index is 13.3. The number of hydrogen-bond donors (Lipinski definition) is 1.